The van der Waals surface area contributed by atoms with Gasteiger partial charge in [-0.15, -0.1) is 11.3 Å². The smallest absolute Gasteiger partial charge is 0.0731 e. The first-order valence-electron chi connectivity index (χ1n) is 6.15. The summed E-state index contributed by atoms with van der Waals surface area (Å²) in [6.45, 7) is 5.62. The number of fused-ring (bicyclic) bond motifs is 1. The summed E-state index contributed by atoms with van der Waals surface area (Å²) < 4.78 is 6.36. The van der Waals surface area contributed by atoms with E-state index in [1.54, 1.807) is 18.4 Å². The molecule has 1 N–H and O–H groups in total. The van der Waals surface area contributed by atoms with E-state index in [0.29, 0.717) is 12.6 Å². The Kier molecular flexibility index (Phi) is 5.09. The van der Waals surface area contributed by atoms with Crippen molar-refractivity contribution >= 4 is 44.6 Å². The van der Waals surface area contributed by atoms with E-state index >= 15 is 0 Å². The van der Waals surface area contributed by atoms with Gasteiger partial charge >= 0.3 is 0 Å². The molecule has 0 unspecified atom stereocenters. The van der Waals surface area contributed by atoms with Crippen LogP contribution in [-0.4, -0.2) is 13.2 Å². The number of rotatable bonds is 5. The fourth-order valence-corrected chi connectivity index (χ4v) is 3.76. The van der Waals surface area contributed by atoms with Crippen LogP contribution < -0.4 is 5.32 Å². The highest BCUT2D eigenvalue weighted by Gasteiger charge is 2.16. The summed E-state index contributed by atoms with van der Waals surface area (Å²) in [6, 6.07) is 4.13. The van der Waals surface area contributed by atoms with Crippen molar-refractivity contribution in [2.45, 2.75) is 33.0 Å². The number of hydrogen-bond donors (Lipinski definition) is 1. The Hall–Kier alpha value is -0.320. The molecule has 2 rings (SSSR count). The van der Waals surface area contributed by atoms with Crippen molar-refractivity contribution in [3.05, 3.63) is 32.6 Å². The highest BCUT2D eigenvalue weighted by atomic mass is 35.5. The molecule has 0 radical (unpaired) electrons. The van der Waals surface area contributed by atoms with E-state index in [1.807, 2.05) is 12.1 Å². The predicted octanol–water partition coefficient (Wildman–Crippen LogP) is 4.85. The first kappa shape index (κ1) is 15.1. The lowest BCUT2D eigenvalue weighted by Crippen LogP contribution is -2.21. The van der Waals surface area contributed by atoms with Gasteiger partial charge in [-0.1, -0.05) is 37.0 Å². The summed E-state index contributed by atoms with van der Waals surface area (Å²) >= 11 is 14.3. The number of ether oxygens (including phenoxy) is 1. The number of thiophene rings is 1. The minimum Gasteiger partial charge on any atom is -0.380 e. The average Bonchev–Trinajstić information content (AvgIpc) is 2.72. The van der Waals surface area contributed by atoms with Crippen LogP contribution in [-0.2, 0) is 17.9 Å². The molecule has 1 heterocycles. The second kappa shape index (κ2) is 6.42. The van der Waals surface area contributed by atoms with E-state index in [2.05, 4.69) is 19.2 Å². The zero-order valence-electron chi connectivity index (χ0n) is 11.2. The van der Waals surface area contributed by atoms with Crippen LogP contribution in [0.2, 0.25) is 10.0 Å². The Bertz CT molecular complexity index is 580. The Morgan fingerprint density at radius 2 is 1.95 bits per heavy atom. The van der Waals surface area contributed by atoms with E-state index in [9.17, 15) is 0 Å². The number of methoxy groups -OCH3 is 1. The van der Waals surface area contributed by atoms with Gasteiger partial charge in [-0.3, -0.25) is 0 Å². The van der Waals surface area contributed by atoms with Crippen LogP contribution >= 0.6 is 34.5 Å². The SMILES string of the molecule is COCc1c(CNC(C)C)sc2c(Cl)ccc(Cl)c12. The maximum absolute atomic E-state index is 6.32. The van der Waals surface area contributed by atoms with Crippen LogP contribution in [0.3, 0.4) is 0 Å². The molecule has 0 saturated heterocycles. The van der Waals surface area contributed by atoms with Gasteiger partial charge < -0.3 is 10.1 Å². The molecule has 19 heavy (non-hydrogen) atoms. The normalized spacial score (nSPS) is 11.7. The molecule has 0 fully saturated rings. The number of hydrogen-bond acceptors (Lipinski definition) is 3. The molecule has 0 aliphatic rings. The van der Waals surface area contributed by atoms with Crippen LogP contribution in [0.5, 0.6) is 0 Å². The van der Waals surface area contributed by atoms with Gasteiger partial charge in [0.1, 0.15) is 0 Å². The minimum absolute atomic E-state index is 0.437. The second-order valence-electron chi connectivity index (χ2n) is 4.71. The number of nitrogens with one attached hydrogen (secondary N) is 1. The highest BCUT2D eigenvalue weighted by Crippen LogP contribution is 2.40. The first-order valence-corrected chi connectivity index (χ1v) is 7.72. The third-order valence-electron chi connectivity index (χ3n) is 2.88. The molecule has 2 nitrogen and oxygen atoms in total. The Balaban J connectivity index is 2.53. The van der Waals surface area contributed by atoms with E-state index in [-0.39, 0.29) is 0 Å². The molecule has 0 spiro atoms. The lowest BCUT2D eigenvalue weighted by atomic mass is 10.1. The topological polar surface area (TPSA) is 21.3 Å². The maximum Gasteiger partial charge on any atom is 0.0731 e. The fraction of sp³-hybridized carbons (Fsp3) is 0.429. The Labute approximate surface area is 127 Å². The van der Waals surface area contributed by atoms with Crippen molar-refractivity contribution in [3.63, 3.8) is 0 Å². The van der Waals surface area contributed by atoms with Crippen molar-refractivity contribution in [2.24, 2.45) is 0 Å². The standard InChI is InChI=1S/C14H17Cl2NOS/c1-8(2)17-6-12-9(7-18-3)13-10(15)4-5-11(16)14(13)19-12/h4-5,8,17H,6-7H2,1-3H3. The molecule has 1 aromatic heterocycles. The molecule has 0 atom stereocenters. The van der Waals surface area contributed by atoms with Gasteiger partial charge in [-0.2, -0.15) is 0 Å². The third kappa shape index (κ3) is 3.23. The van der Waals surface area contributed by atoms with Gasteiger partial charge in [0, 0.05) is 40.5 Å². The van der Waals surface area contributed by atoms with E-state index in [1.165, 1.54) is 4.88 Å². The summed E-state index contributed by atoms with van der Waals surface area (Å²) in [5, 5.41) is 5.94. The van der Waals surface area contributed by atoms with Crippen molar-refractivity contribution in [3.8, 4) is 0 Å². The van der Waals surface area contributed by atoms with Crippen molar-refractivity contribution in [1.82, 2.24) is 5.32 Å². The molecule has 5 heteroatoms. The minimum atomic E-state index is 0.437. The summed E-state index contributed by atoms with van der Waals surface area (Å²) in [4.78, 5) is 1.24. The average molecular weight is 318 g/mol. The van der Waals surface area contributed by atoms with Crippen LogP contribution in [0.4, 0.5) is 0 Å². The summed E-state index contributed by atoms with van der Waals surface area (Å²) in [5.74, 6) is 0. The van der Waals surface area contributed by atoms with Gasteiger partial charge in [0.25, 0.3) is 0 Å². The summed E-state index contributed by atoms with van der Waals surface area (Å²) in [7, 11) is 1.70. The van der Waals surface area contributed by atoms with Gasteiger partial charge in [0.15, 0.2) is 0 Å². The predicted molar refractivity (Wildman–Crippen MR) is 84.5 cm³/mol. The molecule has 0 amide bonds. The molecule has 0 aliphatic heterocycles. The summed E-state index contributed by atoms with van der Waals surface area (Å²) in [5.41, 5.74) is 1.14. The maximum atomic E-state index is 6.32. The van der Waals surface area contributed by atoms with E-state index in [0.717, 1.165) is 32.2 Å². The fourth-order valence-electron chi connectivity index (χ4n) is 1.98. The van der Waals surface area contributed by atoms with Gasteiger partial charge in [-0.25, -0.2) is 0 Å². The zero-order valence-corrected chi connectivity index (χ0v) is 13.5. The lowest BCUT2D eigenvalue weighted by molar-refractivity contribution is 0.185. The van der Waals surface area contributed by atoms with Crippen LogP contribution in [0.15, 0.2) is 12.1 Å². The largest absolute Gasteiger partial charge is 0.380 e. The highest BCUT2D eigenvalue weighted by molar-refractivity contribution is 7.20. The van der Waals surface area contributed by atoms with Crippen molar-refractivity contribution < 1.29 is 4.74 Å². The van der Waals surface area contributed by atoms with Gasteiger partial charge in [0.2, 0.25) is 0 Å². The molecule has 1 aromatic carbocycles. The Morgan fingerprint density at radius 1 is 1.26 bits per heavy atom. The van der Waals surface area contributed by atoms with Crippen LogP contribution in [0, 0.1) is 0 Å². The number of benzene rings is 1. The van der Waals surface area contributed by atoms with Gasteiger partial charge in [0.05, 0.1) is 16.3 Å². The molecule has 2 aromatic rings. The Morgan fingerprint density at radius 3 is 2.58 bits per heavy atom. The zero-order chi connectivity index (χ0) is 14.0. The van der Waals surface area contributed by atoms with E-state index < -0.39 is 0 Å². The molecule has 0 saturated carbocycles. The quantitative estimate of drug-likeness (QED) is 0.850. The molecular weight excluding hydrogens is 301 g/mol. The van der Waals surface area contributed by atoms with Gasteiger partial charge in [-0.05, 0) is 12.1 Å². The van der Waals surface area contributed by atoms with Crippen LogP contribution in [0.1, 0.15) is 24.3 Å². The molecule has 0 aliphatic carbocycles. The molecule has 0 bridgehead atoms. The third-order valence-corrected chi connectivity index (χ3v) is 4.89. The summed E-state index contributed by atoms with van der Waals surface area (Å²) in [6.07, 6.45) is 0. The molecular formula is C14H17Cl2NOS. The monoisotopic (exact) mass is 317 g/mol. The lowest BCUT2D eigenvalue weighted by Gasteiger charge is -2.08. The number of halogens is 2. The molecule has 104 valence electrons. The first-order chi connectivity index (χ1) is 9.04. The van der Waals surface area contributed by atoms with Crippen LogP contribution in [0.25, 0.3) is 10.1 Å². The van der Waals surface area contributed by atoms with E-state index in [4.69, 9.17) is 27.9 Å². The van der Waals surface area contributed by atoms with Crippen molar-refractivity contribution in [1.29, 1.82) is 0 Å². The van der Waals surface area contributed by atoms with Crippen molar-refractivity contribution in [2.75, 3.05) is 7.11 Å². The second-order valence-corrected chi connectivity index (χ2v) is 6.63.